The third kappa shape index (κ3) is 8.30. The van der Waals surface area contributed by atoms with Crippen LogP contribution in [0.5, 0.6) is 0 Å². The molecule has 0 bridgehead atoms. The normalized spacial score (nSPS) is 14.1. The average Bonchev–Trinajstić information content (AvgIpc) is 3.40. The summed E-state index contributed by atoms with van der Waals surface area (Å²) in [6, 6.07) is 21.3. The van der Waals surface area contributed by atoms with E-state index >= 15 is 0 Å². The Morgan fingerprint density at radius 3 is 1.19 bits per heavy atom. The second kappa shape index (κ2) is 15.2. The number of hydrogen-bond donors (Lipinski definition) is 0. The van der Waals surface area contributed by atoms with Crippen molar-refractivity contribution in [1.82, 2.24) is 0 Å². The molecular formula is C26H32Cl2Si2Zr. The number of benzene rings is 2. The Kier molecular flexibility index (Phi) is 14.8. The maximum Gasteiger partial charge on any atom is 2.00 e. The minimum Gasteiger partial charge on any atom is -0.273 e. The molecule has 0 spiro atoms. The number of rotatable bonds is 4. The summed E-state index contributed by atoms with van der Waals surface area (Å²) in [7, 11) is -1.43. The van der Waals surface area contributed by atoms with Gasteiger partial charge in [-0.15, -0.1) is 48.8 Å². The molecule has 0 atom stereocenters. The Morgan fingerprint density at radius 2 is 0.903 bits per heavy atom. The van der Waals surface area contributed by atoms with E-state index in [2.05, 4.69) is 111 Å². The molecule has 0 saturated heterocycles. The van der Waals surface area contributed by atoms with E-state index in [4.69, 9.17) is 0 Å². The van der Waals surface area contributed by atoms with Crippen LogP contribution in [0.2, 0.25) is 26.2 Å². The molecule has 2 aromatic rings. The molecule has 31 heavy (non-hydrogen) atoms. The molecule has 2 aromatic carbocycles. The Balaban J connectivity index is 0.000000529. The molecule has 4 rings (SSSR count). The van der Waals surface area contributed by atoms with Gasteiger partial charge in [-0.3, -0.25) is 12.2 Å². The second-order valence-electron chi connectivity index (χ2n) is 7.87. The van der Waals surface area contributed by atoms with Gasteiger partial charge in [0.25, 0.3) is 0 Å². The standard InChI is InChI=1S/2C13H15Si.2ClH.Zr/c2*1-14(2)13-10-6-9-12(13)11-7-4-3-5-8-11;;;/h2*3-5,7-9,14H,6H2,1-2H3;2*1H;/q2*-1;;;+2. The fraction of sp³-hybridized carbons (Fsp3) is 0.231. The molecular weight excluding hydrogens is 531 g/mol. The maximum absolute atomic E-state index is 3.49. The minimum absolute atomic E-state index is 0. The van der Waals surface area contributed by atoms with Crippen molar-refractivity contribution in [3.05, 3.63) is 106 Å². The molecule has 0 fully saturated rings. The molecule has 0 amide bonds. The van der Waals surface area contributed by atoms with E-state index < -0.39 is 17.6 Å². The van der Waals surface area contributed by atoms with Crippen molar-refractivity contribution in [3.63, 3.8) is 0 Å². The fourth-order valence-electron chi connectivity index (χ4n) is 3.75. The Morgan fingerprint density at radius 1 is 0.581 bits per heavy atom. The van der Waals surface area contributed by atoms with E-state index in [1.54, 1.807) is 0 Å². The summed E-state index contributed by atoms with van der Waals surface area (Å²) in [6.45, 7) is 9.46. The molecule has 0 radical (unpaired) electrons. The van der Waals surface area contributed by atoms with E-state index in [1.165, 1.54) is 32.7 Å². The van der Waals surface area contributed by atoms with Gasteiger partial charge in [-0.2, -0.15) is 23.3 Å². The zero-order chi connectivity index (χ0) is 19.9. The smallest absolute Gasteiger partial charge is 0.273 e. The number of allylic oxidation sites excluding steroid dienone is 8. The van der Waals surface area contributed by atoms with Crippen molar-refractivity contribution in [2.75, 3.05) is 0 Å². The fourth-order valence-corrected chi connectivity index (χ4v) is 6.61. The van der Waals surface area contributed by atoms with Crippen molar-refractivity contribution in [2.24, 2.45) is 0 Å². The molecule has 162 valence electrons. The van der Waals surface area contributed by atoms with Gasteiger partial charge in [0.05, 0.1) is 0 Å². The largest absolute Gasteiger partial charge is 2.00 e. The first-order chi connectivity index (χ1) is 13.6. The third-order valence-corrected chi connectivity index (χ3v) is 8.44. The first-order valence-electron chi connectivity index (χ1n) is 10.3. The molecule has 2 aliphatic rings. The van der Waals surface area contributed by atoms with Gasteiger partial charge in [0.1, 0.15) is 0 Å². The quantitative estimate of drug-likeness (QED) is 0.271. The minimum atomic E-state index is -0.713. The molecule has 0 saturated carbocycles. The van der Waals surface area contributed by atoms with Crippen molar-refractivity contribution >= 4 is 53.6 Å². The molecule has 0 N–H and O–H groups in total. The summed E-state index contributed by atoms with van der Waals surface area (Å²) in [5, 5.41) is 3.02. The summed E-state index contributed by atoms with van der Waals surface area (Å²) in [4.78, 5) is 0. The van der Waals surface area contributed by atoms with Crippen LogP contribution in [-0.4, -0.2) is 17.6 Å². The molecule has 5 heteroatoms. The zero-order valence-electron chi connectivity index (χ0n) is 18.8. The van der Waals surface area contributed by atoms with E-state index in [-0.39, 0.29) is 51.0 Å². The Hall–Kier alpha value is -0.703. The van der Waals surface area contributed by atoms with Gasteiger partial charge >= 0.3 is 26.2 Å². The first-order valence-corrected chi connectivity index (χ1v) is 16.1. The first kappa shape index (κ1) is 30.3. The summed E-state index contributed by atoms with van der Waals surface area (Å²) < 4.78 is 0. The predicted molar refractivity (Wildman–Crippen MR) is 144 cm³/mol. The van der Waals surface area contributed by atoms with Crippen LogP contribution in [0.25, 0.3) is 11.1 Å². The average molecular weight is 563 g/mol. The van der Waals surface area contributed by atoms with Crippen LogP contribution in [0.3, 0.4) is 0 Å². The van der Waals surface area contributed by atoms with E-state index in [0.29, 0.717) is 0 Å². The van der Waals surface area contributed by atoms with E-state index in [0.717, 1.165) is 12.8 Å². The van der Waals surface area contributed by atoms with E-state index in [1.807, 2.05) is 0 Å². The van der Waals surface area contributed by atoms with Crippen molar-refractivity contribution in [1.29, 1.82) is 0 Å². The van der Waals surface area contributed by atoms with Crippen LogP contribution in [0, 0.1) is 12.2 Å². The van der Waals surface area contributed by atoms with Gasteiger partial charge < -0.3 is 0 Å². The van der Waals surface area contributed by atoms with E-state index in [9.17, 15) is 0 Å². The zero-order valence-corrected chi connectivity index (χ0v) is 25.2. The molecule has 0 aliphatic heterocycles. The van der Waals surface area contributed by atoms with Crippen molar-refractivity contribution in [2.45, 2.75) is 39.0 Å². The summed E-state index contributed by atoms with van der Waals surface area (Å²) in [6.07, 6.45) is 13.6. The summed E-state index contributed by atoms with van der Waals surface area (Å²) in [5.41, 5.74) is 5.59. The maximum atomic E-state index is 3.49. The second-order valence-corrected chi connectivity index (χ2v) is 13.6. The predicted octanol–water partition coefficient (Wildman–Crippen LogP) is 7.30. The SMILES string of the molecule is C[SiH](C)C1=[C-]CC=C1c1ccccc1.C[SiH](C)C1=[C-]CC=C1c1ccccc1.Cl.Cl.[Zr+2]. The van der Waals surface area contributed by atoms with Crippen LogP contribution in [-0.2, 0) is 26.2 Å². The Bertz CT molecular complexity index is 837. The van der Waals surface area contributed by atoms with Crippen LogP contribution in [0.1, 0.15) is 24.0 Å². The van der Waals surface area contributed by atoms with Crippen LogP contribution in [0.15, 0.2) is 83.2 Å². The third-order valence-electron chi connectivity index (χ3n) is 5.10. The van der Waals surface area contributed by atoms with Crippen molar-refractivity contribution < 1.29 is 26.2 Å². The topological polar surface area (TPSA) is 0 Å². The Labute approximate surface area is 223 Å². The van der Waals surface area contributed by atoms with Gasteiger partial charge in [-0.1, -0.05) is 86.9 Å². The molecule has 0 unspecified atom stereocenters. The van der Waals surface area contributed by atoms with Gasteiger partial charge in [0.15, 0.2) is 0 Å². The number of hydrogen-bond acceptors (Lipinski definition) is 0. The van der Waals surface area contributed by atoms with Crippen molar-refractivity contribution in [3.8, 4) is 0 Å². The molecule has 0 aromatic heterocycles. The van der Waals surface area contributed by atoms with Gasteiger partial charge in [-0.25, -0.2) is 10.4 Å². The van der Waals surface area contributed by atoms with Crippen LogP contribution in [0.4, 0.5) is 0 Å². The van der Waals surface area contributed by atoms with Crippen LogP contribution < -0.4 is 0 Å². The summed E-state index contributed by atoms with van der Waals surface area (Å²) >= 11 is 0. The molecule has 0 heterocycles. The van der Waals surface area contributed by atoms with Gasteiger partial charge in [-0.05, 0) is 0 Å². The monoisotopic (exact) mass is 560 g/mol. The molecule has 2 aliphatic carbocycles. The van der Waals surface area contributed by atoms with Gasteiger partial charge in [0, 0.05) is 17.6 Å². The number of halogens is 2. The summed E-state index contributed by atoms with van der Waals surface area (Å²) in [5.74, 6) is 0. The van der Waals surface area contributed by atoms with Gasteiger partial charge in [0.2, 0.25) is 0 Å². The van der Waals surface area contributed by atoms with Crippen LogP contribution >= 0.6 is 24.8 Å². The molecule has 0 nitrogen and oxygen atoms in total.